The Morgan fingerprint density at radius 3 is 2.60 bits per heavy atom. The number of nitrogens with one attached hydrogen (secondary N) is 3. The molecule has 7 heterocycles. The first-order valence-corrected chi connectivity index (χ1v) is 19.6. The van der Waals surface area contributed by atoms with Crippen LogP contribution in [0.4, 0.5) is 5.69 Å². The lowest BCUT2D eigenvalue weighted by Crippen LogP contribution is -2.43. The summed E-state index contributed by atoms with van der Waals surface area (Å²) in [5, 5.41) is 30.3. The number of aromatic amines is 1. The number of H-pyrrole nitrogens is 1. The van der Waals surface area contributed by atoms with Gasteiger partial charge in [-0.3, -0.25) is 9.59 Å². The maximum Gasteiger partial charge on any atom is 0.360 e. The first-order chi connectivity index (χ1) is 27.9. The number of aromatic hydroxyl groups is 1. The minimum atomic E-state index is -1.56. The van der Waals surface area contributed by atoms with E-state index in [0.717, 1.165) is 11.1 Å². The molecule has 14 heteroatoms. The van der Waals surface area contributed by atoms with E-state index in [1.54, 1.807) is 32.2 Å². The van der Waals surface area contributed by atoms with E-state index in [1.165, 1.54) is 7.11 Å². The third kappa shape index (κ3) is 4.77. The van der Waals surface area contributed by atoms with Crippen LogP contribution in [0.15, 0.2) is 63.6 Å². The largest absolute Gasteiger partial charge is 0.507 e. The maximum atomic E-state index is 14.4. The fraction of sp³-hybridized carbons (Fsp3) is 0.341. The van der Waals surface area contributed by atoms with Gasteiger partial charge in [0.15, 0.2) is 34.9 Å². The Hall–Kier alpha value is -6.41. The molecule has 0 saturated carbocycles. The molecule has 0 aliphatic carbocycles. The number of ether oxygens (including phenoxy) is 2. The second-order valence-corrected chi connectivity index (χ2v) is 16.0. The molecule has 1 unspecified atom stereocenters. The number of Topliss-reactive ketones (excluding diaryl/α,β-unsaturated/α-hetero) is 1. The number of phenols is 1. The average molecular weight is 784 g/mol. The number of nitrogens with zero attached hydrogens (tertiary/aromatic N) is 2. The zero-order valence-corrected chi connectivity index (χ0v) is 32.5. The predicted octanol–water partition coefficient (Wildman–Crippen LogP) is 6.92. The minimum Gasteiger partial charge on any atom is -0.507 e. The molecule has 10 rings (SSSR count). The molecule has 1 spiro atoms. The van der Waals surface area contributed by atoms with Crippen LogP contribution in [0.1, 0.15) is 91.8 Å². The second-order valence-electron chi connectivity index (χ2n) is 16.0. The van der Waals surface area contributed by atoms with Crippen molar-refractivity contribution in [2.75, 3.05) is 12.4 Å². The fourth-order valence-electron chi connectivity index (χ4n) is 9.41. The van der Waals surface area contributed by atoms with E-state index in [-0.39, 0.29) is 66.3 Å². The van der Waals surface area contributed by atoms with Crippen LogP contribution in [0.5, 0.6) is 11.5 Å². The van der Waals surface area contributed by atoms with Crippen LogP contribution in [0.2, 0.25) is 0 Å². The molecular weight excluding hydrogens is 743 g/mol. The normalized spacial score (nSPS) is 21.1. The number of hydrogen-bond acceptors (Lipinski definition) is 12. The molecule has 0 saturated heterocycles. The van der Waals surface area contributed by atoms with E-state index in [0.29, 0.717) is 50.4 Å². The van der Waals surface area contributed by atoms with Gasteiger partial charge in [0.1, 0.15) is 28.6 Å². The Morgan fingerprint density at radius 2 is 1.84 bits per heavy atom. The number of hydrogen-bond donors (Lipinski definition) is 5. The summed E-state index contributed by atoms with van der Waals surface area (Å²) in [5.74, 6) is -1.59. The zero-order valence-electron chi connectivity index (χ0n) is 32.5. The van der Waals surface area contributed by atoms with Crippen molar-refractivity contribution in [1.82, 2.24) is 20.3 Å². The van der Waals surface area contributed by atoms with E-state index in [2.05, 4.69) is 15.6 Å². The van der Waals surface area contributed by atoms with Gasteiger partial charge in [-0.2, -0.15) is 4.98 Å². The summed E-state index contributed by atoms with van der Waals surface area (Å²) in [6, 6.07) is 14.1. The van der Waals surface area contributed by atoms with Gasteiger partial charge in [0, 0.05) is 62.9 Å². The van der Waals surface area contributed by atoms with Crippen LogP contribution >= 0.6 is 0 Å². The van der Waals surface area contributed by atoms with Gasteiger partial charge in [0.05, 0.1) is 7.11 Å². The smallest absolute Gasteiger partial charge is 0.360 e. The van der Waals surface area contributed by atoms with Crippen LogP contribution in [-0.4, -0.2) is 61.8 Å². The summed E-state index contributed by atoms with van der Waals surface area (Å²) in [6.45, 7) is 7.37. The number of phenolic OH excluding ortho intramolecular Hbond substituents is 1. The van der Waals surface area contributed by atoms with Crippen molar-refractivity contribution in [3.8, 4) is 45.5 Å². The summed E-state index contributed by atoms with van der Waals surface area (Å²) in [6.07, 6.45) is 1.33. The molecule has 0 fully saturated rings. The zero-order chi connectivity index (χ0) is 40.4. The van der Waals surface area contributed by atoms with Gasteiger partial charge in [0.25, 0.3) is 0 Å². The number of oxazole rings is 2. The standard InChI is InChI=1S/C44H41N5O9/c1-6-43(54,7-2)29(51)17-21-15-20-11-14-28-25(16-20)44-24-10-8-9-22(33(24)49-42(44)56-28)31-27(50)13-12-26-30(31)23(18-45-26)36-34(41(53)55-5)47-40(57-36)35-37(44)58-39(48-35)32(19(3)4)46-38(21)52/h8-14,16,18-19,21,32,42,45,49-50,54H,6-7,15,17H2,1-5H3,(H,46,52)/t21-,32+,42+,44?/m1/s1. The molecule has 14 nitrogen and oxygen atoms in total. The first-order valence-electron chi connectivity index (χ1n) is 19.6. The average Bonchev–Trinajstić information content (AvgIpc) is 4.04. The number of aliphatic hydroxyl groups is 1. The van der Waals surface area contributed by atoms with Crippen LogP contribution in [-0.2, 0) is 26.2 Å². The van der Waals surface area contributed by atoms with Crippen molar-refractivity contribution in [1.29, 1.82) is 0 Å². The van der Waals surface area contributed by atoms with Crippen LogP contribution < -0.4 is 15.4 Å². The van der Waals surface area contributed by atoms with Crippen LogP contribution in [0.25, 0.3) is 44.9 Å². The van der Waals surface area contributed by atoms with Crippen molar-refractivity contribution >= 4 is 34.3 Å². The molecule has 3 aromatic carbocycles. The highest BCUT2D eigenvalue weighted by atomic mass is 16.5. The molecule has 4 aliphatic heterocycles. The lowest BCUT2D eigenvalue weighted by atomic mass is 9.72. The summed E-state index contributed by atoms with van der Waals surface area (Å²) in [5.41, 5.74) is 2.42. The summed E-state index contributed by atoms with van der Waals surface area (Å²) in [4.78, 5) is 54.8. The Balaban J connectivity index is 1.31. The fourth-order valence-corrected chi connectivity index (χ4v) is 9.41. The quantitative estimate of drug-likeness (QED) is 0.105. The highest BCUT2D eigenvalue weighted by Gasteiger charge is 2.62. The molecule has 5 N–H and O–H groups in total. The van der Waals surface area contributed by atoms with Crippen LogP contribution in [0.3, 0.4) is 0 Å². The van der Waals surface area contributed by atoms with Gasteiger partial charge in [0.2, 0.25) is 17.7 Å². The third-order valence-corrected chi connectivity index (χ3v) is 12.6. The van der Waals surface area contributed by atoms with E-state index >= 15 is 0 Å². The van der Waals surface area contributed by atoms with E-state index < -0.39 is 46.9 Å². The maximum absolute atomic E-state index is 14.4. The second kappa shape index (κ2) is 12.5. The summed E-state index contributed by atoms with van der Waals surface area (Å²) >= 11 is 0. The van der Waals surface area contributed by atoms with Gasteiger partial charge >= 0.3 is 5.97 Å². The SMILES string of the molecule is CCC(O)(CC)C(=O)C[C@H]1Cc2ccc3c(c2)C24c5cccc(c5N[C@H]2O3)-c2c(O)ccc3[nH]cc(c23)-c2oc(nc2C(=O)OC)-c2nc(oc24)[C@H](C(C)C)NC1=O. The van der Waals surface area contributed by atoms with E-state index in [4.69, 9.17) is 28.3 Å². The summed E-state index contributed by atoms with van der Waals surface area (Å²) in [7, 11) is 1.26. The van der Waals surface area contributed by atoms with Gasteiger partial charge in [-0.25, -0.2) is 9.78 Å². The number of methoxy groups -OCH3 is 1. The molecule has 3 aromatic heterocycles. The number of carbonyl (C=O) groups excluding carboxylic acids is 3. The van der Waals surface area contributed by atoms with Crippen molar-refractivity contribution in [3.05, 3.63) is 88.8 Å². The Bertz CT molecular complexity index is 2740. The monoisotopic (exact) mass is 783 g/mol. The molecule has 58 heavy (non-hydrogen) atoms. The molecule has 10 bridgehead atoms. The molecule has 0 radical (unpaired) electrons. The number of aromatic nitrogens is 3. The van der Waals surface area contributed by atoms with Crippen molar-refractivity contribution in [2.45, 2.75) is 76.7 Å². The molecule has 4 aliphatic rings. The molecular formula is C44H41N5O9. The molecule has 6 aromatic rings. The molecule has 296 valence electrons. The summed E-state index contributed by atoms with van der Waals surface area (Å²) < 4.78 is 25.7. The van der Waals surface area contributed by atoms with E-state index in [9.17, 15) is 24.6 Å². The topological polar surface area (TPSA) is 202 Å². The van der Waals surface area contributed by atoms with Gasteiger partial charge in [-0.05, 0) is 48.9 Å². The highest BCUT2D eigenvalue weighted by Crippen LogP contribution is 2.62. The first kappa shape index (κ1) is 36.0. The number of carbonyl (C=O) groups is 3. The Morgan fingerprint density at radius 1 is 1.03 bits per heavy atom. The number of fused-ring (bicyclic) bond motifs is 7. The Kier molecular flexibility index (Phi) is 7.78. The number of ketones is 1. The highest BCUT2D eigenvalue weighted by molar-refractivity contribution is 6.11. The van der Waals surface area contributed by atoms with Gasteiger partial charge in [-0.1, -0.05) is 58.0 Å². The van der Waals surface area contributed by atoms with Crippen molar-refractivity contribution in [2.24, 2.45) is 11.8 Å². The number of para-hydroxylation sites is 1. The third-order valence-electron chi connectivity index (χ3n) is 12.6. The van der Waals surface area contributed by atoms with Crippen molar-refractivity contribution < 1.29 is 42.9 Å². The van der Waals surface area contributed by atoms with Gasteiger partial charge in [-0.15, -0.1) is 0 Å². The number of amides is 1. The number of benzene rings is 3. The molecule has 4 atom stereocenters. The Labute approximate surface area is 332 Å². The number of anilines is 1. The molecule has 1 amide bonds. The predicted molar refractivity (Wildman–Crippen MR) is 210 cm³/mol. The number of esters is 1. The van der Waals surface area contributed by atoms with Crippen molar-refractivity contribution in [3.63, 3.8) is 0 Å². The van der Waals surface area contributed by atoms with Crippen LogP contribution in [0, 0.1) is 11.8 Å². The van der Waals surface area contributed by atoms with E-state index in [1.807, 2.05) is 50.2 Å². The minimum absolute atomic E-state index is 0.00591. The van der Waals surface area contributed by atoms with Gasteiger partial charge < -0.3 is 44.1 Å². The number of rotatable bonds is 7. The lowest BCUT2D eigenvalue weighted by Gasteiger charge is -2.29. The lowest BCUT2D eigenvalue weighted by molar-refractivity contribution is -0.141.